The Bertz CT molecular complexity index is 1110. The summed E-state index contributed by atoms with van der Waals surface area (Å²) < 4.78 is 22.2. The first kappa shape index (κ1) is 20.6. The molecule has 0 aliphatic carbocycles. The molecule has 1 aromatic heterocycles. The molecule has 29 heavy (non-hydrogen) atoms. The number of benzene rings is 2. The standard InChI is InChI=1S/C23H26O6/c1-5-6-7-8-9-10-15-20-18(13-19(27-3)23(15)28-4)29-17-12-14(26-2)11-16(24)21(17)22(20)25/h8-9,11-13,24H,5-7,10H2,1-4H3. The Morgan fingerprint density at radius 2 is 1.76 bits per heavy atom. The molecule has 0 spiro atoms. The Morgan fingerprint density at radius 3 is 2.41 bits per heavy atom. The number of phenolic OH excluding ortho intramolecular Hbond substituents is 1. The molecule has 3 aromatic rings. The van der Waals surface area contributed by atoms with Crippen molar-refractivity contribution in [2.24, 2.45) is 0 Å². The third-order valence-electron chi connectivity index (χ3n) is 4.91. The van der Waals surface area contributed by atoms with Crippen LogP contribution in [-0.2, 0) is 6.42 Å². The molecule has 0 saturated carbocycles. The highest BCUT2D eigenvalue weighted by atomic mass is 16.5. The number of phenols is 1. The van der Waals surface area contributed by atoms with Crippen molar-refractivity contribution in [2.45, 2.75) is 32.6 Å². The van der Waals surface area contributed by atoms with Gasteiger partial charge >= 0.3 is 0 Å². The monoisotopic (exact) mass is 398 g/mol. The second-order valence-corrected chi connectivity index (χ2v) is 6.73. The molecule has 1 N–H and O–H groups in total. The minimum atomic E-state index is -0.320. The number of allylic oxidation sites excluding steroid dienone is 2. The second-order valence-electron chi connectivity index (χ2n) is 6.73. The molecule has 0 aliphatic heterocycles. The van der Waals surface area contributed by atoms with Crippen LogP contribution in [0.2, 0.25) is 0 Å². The van der Waals surface area contributed by atoms with Gasteiger partial charge in [-0.3, -0.25) is 4.79 Å². The smallest absolute Gasteiger partial charge is 0.204 e. The zero-order chi connectivity index (χ0) is 21.0. The van der Waals surface area contributed by atoms with Crippen LogP contribution in [0.5, 0.6) is 23.0 Å². The molecule has 0 amide bonds. The third-order valence-corrected chi connectivity index (χ3v) is 4.91. The van der Waals surface area contributed by atoms with Gasteiger partial charge in [-0.2, -0.15) is 0 Å². The maximum Gasteiger partial charge on any atom is 0.204 e. The summed E-state index contributed by atoms with van der Waals surface area (Å²) in [7, 11) is 4.56. The van der Waals surface area contributed by atoms with Crippen molar-refractivity contribution in [3.63, 3.8) is 0 Å². The average molecular weight is 398 g/mol. The SMILES string of the molecule is CCCCC=CCc1c(OC)c(OC)cc2oc3cc(OC)cc(O)c3c(=O)c12. The minimum Gasteiger partial charge on any atom is -0.507 e. The summed E-state index contributed by atoms with van der Waals surface area (Å²) in [5.74, 6) is 1.18. The number of fused-ring (bicyclic) bond motifs is 2. The summed E-state index contributed by atoms with van der Waals surface area (Å²) in [6.07, 6.45) is 7.79. The fourth-order valence-electron chi connectivity index (χ4n) is 3.45. The molecule has 6 heteroatoms. The number of methoxy groups -OCH3 is 3. The summed E-state index contributed by atoms with van der Waals surface area (Å²) in [4.78, 5) is 13.4. The van der Waals surface area contributed by atoms with Gasteiger partial charge in [0.05, 0.1) is 26.7 Å². The lowest BCUT2D eigenvalue weighted by Gasteiger charge is -2.15. The lowest BCUT2D eigenvalue weighted by atomic mass is 10.0. The highest BCUT2D eigenvalue weighted by Crippen LogP contribution is 2.39. The van der Waals surface area contributed by atoms with Gasteiger partial charge < -0.3 is 23.7 Å². The number of unbranched alkanes of at least 4 members (excludes halogenated alkanes) is 2. The fourth-order valence-corrected chi connectivity index (χ4v) is 3.45. The van der Waals surface area contributed by atoms with Crippen molar-refractivity contribution in [1.82, 2.24) is 0 Å². The quantitative estimate of drug-likeness (QED) is 0.328. The number of hydrogen-bond donors (Lipinski definition) is 1. The van der Waals surface area contributed by atoms with Crippen LogP contribution in [0.3, 0.4) is 0 Å². The second kappa shape index (κ2) is 8.90. The molecule has 0 aliphatic rings. The largest absolute Gasteiger partial charge is 0.507 e. The molecule has 6 nitrogen and oxygen atoms in total. The predicted molar refractivity (Wildman–Crippen MR) is 114 cm³/mol. The first-order valence-corrected chi connectivity index (χ1v) is 9.62. The summed E-state index contributed by atoms with van der Waals surface area (Å²) in [5, 5.41) is 10.9. The highest BCUT2D eigenvalue weighted by molar-refractivity contribution is 5.97. The van der Waals surface area contributed by atoms with Crippen molar-refractivity contribution in [3.8, 4) is 23.0 Å². The number of hydrogen-bond acceptors (Lipinski definition) is 6. The van der Waals surface area contributed by atoms with E-state index in [4.69, 9.17) is 18.6 Å². The number of rotatable bonds is 8. The van der Waals surface area contributed by atoms with Gasteiger partial charge in [0.1, 0.15) is 28.1 Å². The summed E-state index contributed by atoms with van der Waals surface area (Å²) >= 11 is 0. The van der Waals surface area contributed by atoms with Gasteiger partial charge in [-0.1, -0.05) is 31.9 Å². The molecule has 0 fully saturated rings. The zero-order valence-electron chi connectivity index (χ0n) is 17.2. The molecule has 3 rings (SSSR count). The van der Waals surface area contributed by atoms with Crippen molar-refractivity contribution < 1.29 is 23.7 Å². The van der Waals surface area contributed by atoms with Gasteiger partial charge in [-0.05, 0) is 12.8 Å². The van der Waals surface area contributed by atoms with E-state index in [1.54, 1.807) is 26.4 Å². The lowest BCUT2D eigenvalue weighted by molar-refractivity contribution is 0.352. The number of ether oxygens (including phenoxy) is 3. The topological polar surface area (TPSA) is 78.1 Å². The van der Waals surface area contributed by atoms with Crippen LogP contribution in [0, 0.1) is 0 Å². The van der Waals surface area contributed by atoms with Crippen LogP contribution in [-0.4, -0.2) is 26.4 Å². The molecule has 0 unspecified atom stereocenters. The van der Waals surface area contributed by atoms with Crippen LogP contribution in [0.4, 0.5) is 0 Å². The normalized spacial score (nSPS) is 11.4. The van der Waals surface area contributed by atoms with Crippen LogP contribution in [0.25, 0.3) is 21.9 Å². The Kier molecular flexibility index (Phi) is 6.32. The fraction of sp³-hybridized carbons (Fsp3) is 0.348. The summed E-state index contributed by atoms with van der Waals surface area (Å²) in [5.41, 5.74) is 0.959. The van der Waals surface area contributed by atoms with E-state index < -0.39 is 0 Å². The molecular formula is C23H26O6. The van der Waals surface area contributed by atoms with Crippen molar-refractivity contribution in [2.75, 3.05) is 21.3 Å². The van der Waals surface area contributed by atoms with E-state index in [0.717, 1.165) is 19.3 Å². The van der Waals surface area contributed by atoms with Gasteiger partial charge in [0.15, 0.2) is 11.5 Å². The molecule has 0 bridgehead atoms. The van der Waals surface area contributed by atoms with Crippen molar-refractivity contribution >= 4 is 21.9 Å². The van der Waals surface area contributed by atoms with Crippen LogP contribution < -0.4 is 19.6 Å². The van der Waals surface area contributed by atoms with Gasteiger partial charge in [-0.25, -0.2) is 0 Å². The third kappa shape index (κ3) is 3.88. The Morgan fingerprint density at radius 1 is 1.00 bits per heavy atom. The van der Waals surface area contributed by atoms with E-state index in [1.807, 2.05) is 6.08 Å². The van der Waals surface area contributed by atoms with Crippen LogP contribution in [0.1, 0.15) is 31.7 Å². The van der Waals surface area contributed by atoms with E-state index in [0.29, 0.717) is 40.2 Å². The average Bonchev–Trinajstić information content (AvgIpc) is 2.72. The minimum absolute atomic E-state index is 0.113. The molecule has 0 saturated heterocycles. The van der Waals surface area contributed by atoms with Crippen molar-refractivity contribution in [1.29, 1.82) is 0 Å². The van der Waals surface area contributed by atoms with Crippen LogP contribution >= 0.6 is 0 Å². The maximum absolute atomic E-state index is 13.4. The molecule has 2 aromatic carbocycles. The van der Waals surface area contributed by atoms with Gasteiger partial charge in [0.25, 0.3) is 0 Å². The maximum atomic E-state index is 13.4. The van der Waals surface area contributed by atoms with Crippen molar-refractivity contribution in [3.05, 3.63) is 46.1 Å². The molecule has 0 radical (unpaired) electrons. The molecule has 154 valence electrons. The van der Waals surface area contributed by atoms with E-state index in [2.05, 4.69) is 13.0 Å². The summed E-state index contributed by atoms with van der Waals surface area (Å²) in [6.45, 7) is 2.14. The van der Waals surface area contributed by atoms with Gasteiger partial charge in [-0.15, -0.1) is 0 Å². The van der Waals surface area contributed by atoms with E-state index >= 15 is 0 Å². The first-order chi connectivity index (χ1) is 14.0. The van der Waals surface area contributed by atoms with E-state index in [9.17, 15) is 9.90 Å². The Hall–Kier alpha value is -3.15. The van der Waals surface area contributed by atoms with E-state index in [1.165, 1.54) is 13.2 Å². The van der Waals surface area contributed by atoms with Gasteiger partial charge in [0, 0.05) is 23.8 Å². The van der Waals surface area contributed by atoms with Crippen LogP contribution in [0.15, 0.2) is 39.6 Å². The van der Waals surface area contributed by atoms with Gasteiger partial charge in [0.2, 0.25) is 5.43 Å². The van der Waals surface area contributed by atoms with E-state index in [-0.39, 0.29) is 22.1 Å². The Balaban J connectivity index is 2.31. The molecule has 1 heterocycles. The number of aromatic hydroxyl groups is 1. The zero-order valence-corrected chi connectivity index (χ0v) is 17.2. The highest BCUT2D eigenvalue weighted by Gasteiger charge is 2.21. The summed E-state index contributed by atoms with van der Waals surface area (Å²) in [6, 6.07) is 4.61. The lowest BCUT2D eigenvalue weighted by Crippen LogP contribution is -2.08. The predicted octanol–water partition coefficient (Wildman–Crippen LogP) is 4.97. The first-order valence-electron chi connectivity index (χ1n) is 9.62. The Labute approximate surface area is 169 Å². The molecular weight excluding hydrogens is 372 g/mol. The molecule has 0 atom stereocenters.